The molecule has 0 saturated carbocycles. The van der Waals surface area contributed by atoms with Crippen LogP contribution in [-0.4, -0.2) is 28.0 Å². The van der Waals surface area contributed by atoms with E-state index in [2.05, 4.69) is 16.7 Å². The zero-order valence-electron chi connectivity index (χ0n) is 25.8. The van der Waals surface area contributed by atoms with Crippen LogP contribution in [-0.2, 0) is 16.1 Å². The molecule has 0 radical (unpaired) electrons. The van der Waals surface area contributed by atoms with Crippen molar-refractivity contribution in [2.75, 3.05) is 16.4 Å². The number of aliphatic hydroxyl groups excluding tert-OH is 1. The van der Waals surface area contributed by atoms with Gasteiger partial charge in [0.15, 0.2) is 10.6 Å². The summed E-state index contributed by atoms with van der Waals surface area (Å²) in [6.07, 6.45) is -0.185. The lowest BCUT2D eigenvalue weighted by molar-refractivity contribution is -0.245. The number of rotatable bonds is 10. The number of nitrogens with one attached hydrogen (secondary N) is 2. The van der Waals surface area contributed by atoms with Crippen LogP contribution in [0.5, 0.6) is 11.5 Å². The Morgan fingerprint density at radius 3 is 2.15 bits per heavy atom. The van der Waals surface area contributed by atoms with Gasteiger partial charge in [-0.15, -0.1) is 11.3 Å². The monoisotopic (exact) mass is 675 g/mol. The number of thioether (sulfide) groups is 1. The number of hydrogen-bond acceptors (Lipinski definition) is 8. The van der Waals surface area contributed by atoms with E-state index < -0.39 is 6.29 Å². The molecular weight excluding hydrogens is 643 g/mol. The van der Waals surface area contributed by atoms with Crippen LogP contribution in [0.4, 0.5) is 16.2 Å². The van der Waals surface area contributed by atoms with Gasteiger partial charge in [-0.05, 0) is 71.8 Å². The van der Waals surface area contributed by atoms with Crippen LogP contribution in [0, 0.1) is 0 Å². The van der Waals surface area contributed by atoms with Gasteiger partial charge in [0.05, 0.1) is 29.0 Å². The number of aliphatic hydroxyl groups is 1. The number of amides is 2. The molecule has 1 fully saturated rings. The summed E-state index contributed by atoms with van der Waals surface area (Å²) in [5.74, 6) is 2.15. The van der Waals surface area contributed by atoms with Crippen molar-refractivity contribution in [2.45, 2.75) is 35.9 Å². The van der Waals surface area contributed by atoms with Crippen molar-refractivity contribution in [3.05, 3.63) is 144 Å². The summed E-state index contributed by atoms with van der Waals surface area (Å²) in [5.41, 5.74) is 5.01. The number of nitrogens with zero attached hydrogens (tertiary/aromatic N) is 1. The molecule has 242 valence electrons. The average Bonchev–Trinajstić information content (AvgIpc) is 3.55. The van der Waals surface area contributed by atoms with Crippen LogP contribution < -0.4 is 15.4 Å². The second-order valence-electron chi connectivity index (χ2n) is 11.2. The SMILES string of the molecule is O=C(Nc1ccc(Oc2ccccc2)cc1)Nc1ccc([C@H]2O[C@@H](CSc3nc4ccccc4s3)C[C@@H](c3ccc(CO)cc3)O2)cc1. The molecule has 0 bridgehead atoms. The fourth-order valence-electron chi connectivity index (χ4n) is 5.35. The highest BCUT2D eigenvalue weighted by atomic mass is 32.2. The van der Waals surface area contributed by atoms with E-state index in [4.69, 9.17) is 19.2 Å². The first-order chi connectivity index (χ1) is 23.6. The van der Waals surface area contributed by atoms with Crippen molar-refractivity contribution in [1.29, 1.82) is 0 Å². The normalized spacial score (nSPS) is 17.6. The Hall–Kier alpha value is -4.71. The predicted octanol–water partition coefficient (Wildman–Crippen LogP) is 9.56. The number of carbonyl (C=O) groups excluding carboxylic acids is 1. The fraction of sp³-hybridized carbons (Fsp3) is 0.158. The van der Waals surface area contributed by atoms with E-state index in [1.54, 1.807) is 47.4 Å². The van der Waals surface area contributed by atoms with E-state index in [0.717, 1.165) is 38.0 Å². The summed E-state index contributed by atoms with van der Waals surface area (Å²) >= 11 is 3.38. The molecule has 2 heterocycles. The van der Waals surface area contributed by atoms with Crippen molar-refractivity contribution in [3.8, 4) is 11.5 Å². The zero-order valence-corrected chi connectivity index (χ0v) is 27.5. The molecule has 0 spiro atoms. The highest BCUT2D eigenvalue weighted by molar-refractivity contribution is 8.01. The standard InChI is InChI=1S/C38H33N3O5S2/c42-23-25-10-12-26(13-11-25)34-22-32(24-47-38-41-33-8-4-5-9-35(33)48-38)45-36(46-34)27-14-16-28(17-15-27)39-37(43)40-29-18-20-31(21-19-29)44-30-6-2-1-3-7-30/h1-21,32,34,36,42H,22-24H2,(H2,39,40,43)/t32-,34+,36+/m1/s1. The van der Waals surface area contributed by atoms with Gasteiger partial charge in [0.2, 0.25) is 0 Å². The summed E-state index contributed by atoms with van der Waals surface area (Å²) in [5, 5.41) is 15.3. The minimum Gasteiger partial charge on any atom is -0.457 e. The van der Waals surface area contributed by atoms with Crippen molar-refractivity contribution in [1.82, 2.24) is 4.98 Å². The quantitative estimate of drug-likeness (QED) is 0.124. The summed E-state index contributed by atoms with van der Waals surface area (Å²) in [7, 11) is 0. The van der Waals surface area contributed by atoms with E-state index in [0.29, 0.717) is 23.5 Å². The Balaban J connectivity index is 0.992. The number of thiazole rings is 1. The van der Waals surface area contributed by atoms with Gasteiger partial charge in [-0.3, -0.25) is 0 Å². The lowest BCUT2D eigenvalue weighted by Crippen LogP contribution is -2.31. The molecule has 6 aromatic rings. The van der Waals surface area contributed by atoms with Crippen LogP contribution in [0.3, 0.4) is 0 Å². The van der Waals surface area contributed by atoms with E-state index in [9.17, 15) is 9.90 Å². The highest BCUT2D eigenvalue weighted by Gasteiger charge is 2.32. The molecule has 8 nitrogen and oxygen atoms in total. The number of ether oxygens (including phenoxy) is 3. The second-order valence-corrected chi connectivity index (χ2v) is 13.5. The topological polar surface area (TPSA) is 102 Å². The molecule has 0 unspecified atom stereocenters. The first kappa shape index (κ1) is 31.9. The van der Waals surface area contributed by atoms with Gasteiger partial charge in [0, 0.05) is 29.1 Å². The van der Waals surface area contributed by atoms with Crippen molar-refractivity contribution >= 4 is 50.7 Å². The van der Waals surface area contributed by atoms with Gasteiger partial charge in [-0.25, -0.2) is 9.78 Å². The Morgan fingerprint density at radius 2 is 1.44 bits per heavy atom. The number of carbonyl (C=O) groups is 1. The Labute approximate surface area is 286 Å². The summed E-state index contributed by atoms with van der Waals surface area (Å²) < 4.78 is 21.0. The predicted molar refractivity (Wildman–Crippen MR) is 191 cm³/mol. The zero-order chi connectivity index (χ0) is 32.7. The number of urea groups is 1. The molecule has 48 heavy (non-hydrogen) atoms. The van der Waals surface area contributed by atoms with Gasteiger partial charge >= 0.3 is 6.03 Å². The van der Waals surface area contributed by atoms with Crippen LogP contribution in [0.15, 0.2) is 132 Å². The van der Waals surface area contributed by atoms with Gasteiger partial charge in [0.1, 0.15) is 11.5 Å². The number of anilines is 2. The number of aromatic nitrogens is 1. The molecule has 3 N–H and O–H groups in total. The average molecular weight is 676 g/mol. The first-order valence-corrected chi connectivity index (χ1v) is 17.4. The molecule has 2 amide bonds. The third kappa shape index (κ3) is 8.04. The lowest BCUT2D eigenvalue weighted by Gasteiger charge is -2.36. The maximum Gasteiger partial charge on any atom is 0.323 e. The molecule has 1 saturated heterocycles. The lowest BCUT2D eigenvalue weighted by atomic mass is 10.0. The minimum atomic E-state index is -0.596. The maximum absolute atomic E-state index is 12.8. The van der Waals surface area contributed by atoms with Gasteiger partial charge < -0.3 is 30.0 Å². The van der Waals surface area contributed by atoms with Crippen molar-refractivity contribution in [3.63, 3.8) is 0 Å². The van der Waals surface area contributed by atoms with Crippen LogP contribution in [0.25, 0.3) is 10.2 Å². The fourth-order valence-corrected chi connectivity index (χ4v) is 7.46. The van der Waals surface area contributed by atoms with Crippen LogP contribution >= 0.6 is 23.1 Å². The van der Waals surface area contributed by atoms with E-state index in [1.807, 2.05) is 97.1 Å². The molecular formula is C38H33N3O5S2. The Morgan fingerprint density at radius 1 is 0.792 bits per heavy atom. The van der Waals surface area contributed by atoms with Crippen molar-refractivity contribution < 1.29 is 24.1 Å². The minimum absolute atomic E-state index is 0.00657. The smallest absolute Gasteiger partial charge is 0.323 e. The number of para-hydroxylation sites is 2. The third-order valence-corrected chi connectivity index (χ3v) is 10.1. The second kappa shape index (κ2) is 15.0. The van der Waals surface area contributed by atoms with Crippen LogP contribution in [0.1, 0.15) is 35.5 Å². The van der Waals surface area contributed by atoms with Crippen LogP contribution in [0.2, 0.25) is 0 Å². The van der Waals surface area contributed by atoms with E-state index >= 15 is 0 Å². The number of fused-ring (bicyclic) bond motifs is 1. The molecule has 1 aromatic heterocycles. The largest absolute Gasteiger partial charge is 0.457 e. The molecule has 0 aliphatic carbocycles. The third-order valence-electron chi connectivity index (χ3n) is 7.81. The molecule has 1 aliphatic rings. The van der Waals surface area contributed by atoms with E-state index in [1.165, 1.54) is 4.70 Å². The first-order valence-electron chi connectivity index (χ1n) is 15.6. The molecule has 7 rings (SSSR count). The summed E-state index contributed by atoms with van der Waals surface area (Å²) in [6, 6.07) is 39.9. The number of benzene rings is 5. The van der Waals surface area contributed by atoms with Gasteiger partial charge in [-0.1, -0.05) is 78.5 Å². The maximum atomic E-state index is 12.8. The van der Waals surface area contributed by atoms with Gasteiger partial charge in [0.25, 0.3) is 0 Å². The molecule has 10 heteroatoms. The van der Waals surface area contributed by atoms with Gasteiger partial charge in [-0.2, -0.15) is 0 Å². The Kier molecular flexibility index (Phi) is 9.97. The molecule has 3 atom stereocenters. The number of hydrogen-bond donors (Lipinski definition) is 3. The van der Waals surface area contributed by atoms with Crippen molar-refractivity contribution in [2.24, 2.45) is 0 Å². The summed E-state index contributed by atoms with van der Waals surface area (Å²) in [4.78, 5) is 17.5. The summed E-state index contributed by atoms with van der Waals surface area (Å²) in [6.45, 7) is -0.00657. The molecule has 1 aliphatic heterocycles. The Bertz CT molecular complexity index is 1920. The van der Waals surface area contributed by atoms with E-state index in [-0.39, 0.29) is 24.8 Å². The highest BCUT2D eigenvalue weighted by Crippen LogP contribution is 2.40. The molecule has 5 aromatic carbocycles.